The highest BCUT2D eigenvalue weighted by Gasteiger charge is 2.32. The van der Waals surface area contributed by atoms with E-state index in [1.807, 2.05) is 24.3 Å². The molecular formula is C19H23N3OS. The SMILES string of the molecule is O=C(CSc1ncnc2ccccc12)N1CC[C@@H]2CCCC[C@@H]2C1. The molecule has 2 heterocycles. The van der Waals surface area contributed by atoms with Gasteiger partial charge in [-0.3, -0.25) is 4.79 Å². The highest BCUT2D eigenvalue weighted by atomic mass is 32.2. The summed E-state index contributed by atoms with van der Waals surface area (Å²) in [5.41, 5.74) is 0.936. The van der Waals surface area contributed by atoms with Gasteiger partial charge >= 0.3 is 0 Å². The molecule has 126 valence electrons. The van der Waals surface area contributed by atoms with Crippen LogP contribution >= 0.6 is 11.8 Å². The molecule has 4 nitrogen and oxygen atoms in total. The maximum Gasteiger partial charge on any atom is 0.232 e. The van der Waals surface area contributed by atoms with Crippen LogP contribution in [0, 0.1) is 11.8 Å². The second-order valence-electron chi connectivity index (χ2n) is 6.92. The molecule has 24 heavy (non-hydrogen) atoms. The van der Waals surface area contributed by atoms with Crippen molar-refractivity contribution in [2.75, 3.05) is 18.8 Å². The first-order valence-corrected chi connectivity index (χ1v) is 9.90. The van der Waals surface area contributed by atoms with Crippen LogP contribution in [-0.2, 0) is 4.79 Å². The van der Waals surface area contributed by atoms with E-state index in [1.165, 1.54) is 43.9 Å². The average molecular weight is 341 g/mol. The van der Waals surface area contributed by atoms with Crippen LogP contribution in [0.25, 0.3) is 10.9 Å². The molecule has 5 heteroatoms. The van der Waals surface area contributed by atoms with Crippen LogP contribution < -0.4 is 0 Å². The van der Waals surface area contributed by atoms with Crippen molar-refractivity contribution >= 4 is 28.6 Å². The number of aromatic nitrogens is 2. The predicted octanol–water partition coefficient (Wildman–Crippen LogP) is 3.76. The van der Waals surface area contributed by atoms with Gasteiger partial charge in [0.25, 0.3) is 0 Å². The number of hydrogen-bond donors (Lipinski definition) is 0. The van der Waals surface area contributed by atoms with E-state index in [0.717, 1.165) is 40.9 Å². The third-order valence-electron chi connectivity index (χ3n) is 5.48. The maximum absolute atomic E-state index is 12.6. The lowest BCUT2D eigenvalue weighted by Crippen LogP contribution is -2.45. The van der Waals surface area contributed by atoms with Crippen molar-refractivity contribution in [2.45, 2.75) is 37.1 Å². The Hall–Kier alpha value is -1.62. The van der Waals surface area contributed by atoms with Crippen molar-refractivity contribution in [2.24, 2.45) is 11.8 Å². The van der Waals surface area contributed by atoms with Gasteiger partial charge in [-0.25, -0.2) is 9.97 Å². The second-order valence-corrected chi connectivity index (χ2v) is 7.88. The van der Waals surface area contributed by atoms with Crippen molar-refractivity contribution in [3.05, 3.63) is 30.6 Å². The monoisotopic (exact) mass is 341 g/mol. The first kappa shape index (κ1) is 15.9. The van der Waals surface area contributed by atoms with Crippen molar-refractivity contribution in [3.63, 3.8) is 0 Å². The number of likely N-dealkylation sites (tertiary alicyclic amines) is 1. The van der Waals surface area contributed by atoms with Gasteiger partial charge in [-0.1, -0.05) is 49.2 Å². The summed E-state index contributed by atoms with van der Waals surface area (Å²) in [5.74, 6) is 2.33. The lowest BCUT2D eigenvalue weighted by atomic mass is 9.75. The fraction of sp³-hybridized carbons (Fsp3) is 0.526. The second kappa shape index (κ2) is 7.09. The zero-order valence-electron chi connectivity index (χ0n) is 13.9. The zero-order chi connectivity index (χ0) is 16.4. The third kappa shape index (κ3) is 3.27. The molecule has 1 saturated heterocycles. The van der Waals surface area contributed by atoms with Gasteiger partial charge in [0.05, 0.1) is 11.3 Å². The Morgan fingerprint density at radius 3 is 2.88 bits per heavy atom. The van der Waals surface area contributed by atoms with Gasteiger partial charge in [0.1, 0.15) is 11.4 Å². The van der Waals surface area contributed by atoms with Crippen molar-refractivity contribution in [1.82, 2.24) is 14.9 Å². The van der Waals surface area contributed by atoms with Crippen LogP contribution in [0.4, 0.5) is 0 Å². The molecule has 1 aromatic carbocycles. The topological polar surface area (TPSA) is 46.1 Å². The Morgan fingerprint density at radius 2 is 1.96 bits per heavy atom. The molecule has 1 aliphatic carbocycles. The summed E-state index contributed by atoms with van der Waals surface area (Å²) in [5, 5.41) is 1.94. The summed E-state index contributed by atoms with van der Waals surface area (Å²) >= 11 is 1.54. The van der Waals surface area contributed by atoms with E-state index in [-0.39, 0.29) is 5.91 Å². The molecule has 2 atom stereocenters. The quantitative estimate of drug-likeness (QED) is 0.630. The highest BCUT2D eigenvalue weighted by Crippen LogP contribution is 2.36. The molecule has 2 fully saturated rings. The summed E-state index contributed by atoms with van der Waals surface area (Å²) in [4.78, 5) is 23.4. The van der Waals surface area contributed by atoms with E-state index in [9.17, 15) is 4.79 Å². The first-order chi connectivity index (χ1) is 11.8. The third-order valence-corrected chi connectivity index (χ3v) is 6.47. The number of rotatable bonds is 3. The van der Waals surface area contributed by atoms with Crippen LogP contribution in [0.3, 0.4) is 0 Å². The minimum atomic E-state index is 0.256. The zero-order valence-corrected chi connectivity index (χ0v) is 14.7. The molecule has 0 bridgehead atoms. The Labute approximate surface area is 147 Å². The van der Waals surface area contributed by atoms with Crippen molar-refractivity contribution in [1.29, 1.82) is 0 Å². The number of carbonyl (C=O) groups is 1. The maximum atomic E-state index is 12.6. The van der Waals surface area contributed by atoms with Crippen LogP contribution in [0.2, 0.25) is 0 Å². The average Bonchev–Trinajstić information content (AvgIpc) is 2.65. The van der Waals surface area contributed by atoms with Crippen LogP contribution in [0.1, 0.15) is 32.1 Å². The smallest absolute Gasteiger partial charge is 0.232 e. The van der Waals surface area contributed by atoms with Crippen molar-refractivity contribution in [3.8, 4) is 0 Å². The summed E-state index contributed by atoms with van der Waals surface area (Å²) in [6, 6.07) is 7.97. The van der Waals surface area contributed by atoms with E-state index in [1.54, 1.807) is 6.33 Å². The normalized spacial score (nSPS) is 23.9. The Morgan fingerprint density at radius 1 is 1.12 bits per heavy atom. The molecule has 1 aliphatic heterocycles. The van der Waals surface area contributed by atoms with Crippen LogP contribution in [-0.4, -0.2) is 39.6 Å². The van der Waals surface area contributed by atoms with Crippen LogP contribution in [0.15, 0.2) is 35.6 Å². The van der Waals surface area contributed by atoms with Crippen LogP contribution in [0.5, 0.6) is 0 Å². The molecule has 1 amide bonds. The molecule has 1 aromatic heterocycles. The molecule has 2 aliphatic rings. The number of hydrogen-bond acceptors (Lipinski definition) is 4. The minimum absolute atomic E-state index is 0.256. The van der Waals surface area contributed by atoms with Gasteiger partial charge in [-0.2, -0.15) is 0 Å². The van der Waals surface area contributed by atoms with E-state index in [0.29, 0.717) is 5.75 Å². The first-order valence-electron chi connectivity index (χ1n) is 8.91. The Kier molecular flexibility index (Phi) is 4.69. The van der Waals surface area contributed by atoms with Gasteiger partial charge < -0.3 is 4.90 Å². The minimum Gasteiger partial charge on any atom is -0.342 e. The number of benzene rings is 1. The predicted molar refractivity (Wildman–Crippen MR) is 96.9 cm³/mol. The highest BCUT2D eigenvalue weighted by molar-refractivity contribution is 8.00. The molecule has 4 rings (SSSR count). The van der Waals surface area contributed by atoms with E-state index in [2.05, 4.69) is 14.9 Å². The largest absolute Gasteiger partial charge is 0.342 e. The van der Waals surface area contributed by atoms with Gasteiger partial charge in [-0.15, -0.1) is 0 Å². The molecule has 1 saturated carbocycles. The number of thioether (sulfide) groups is 1. The number of carbonyl (C=O) groups excluding carboxylic acids is 1. The number of para-hydroxylation sites is 1. The van der Waals surface area contributed by atoms with Gasteiger partial charge in [-0.05, 0) is 30.7 Å². The number of piperidine rings is 1. The van der Waals surface area contributed by atoms with Gasteiger partial charge in [0.15, 0.2) is 0 Å². The summed E-state index contributed by atoms with van der Waals surface area (Å²) in [6.07, 6.45) is 8.17. The van der Waals surface area contributed by atoms with E-state index < -0.39 is 0 Å². The van der Waals surface area contributed by atoms with E-state index >= 15 is 0 Å². The molecule has 0 spiro atoms. The molecule has 0 radical (unpaired) electrons. The van der Waals surface area contributed by atoms with Gasteiger partial charge in [0, 0.05) is 18.5 Å². The standard InChI is InChI=1S/C19H23N3OS/c23-18(22-10-9-14-5-1-2-6-15(14)11-22)12-24-19-16-7-3-4-8-17(16)20-13-21-19/h3-4,7-8,13-15H,1-2,5-6,9-12H2/t14-,15+/m0/s1. The molecule has 2 aromatic rings. The summed E-state index contributed by atoms with van der Waals surface area (Å²) in [7, 11) is 0. The Bertz CT molecular complexity index is 730. The Balaban J connectivity index is 1.39. The van der Waals surface area contributed by atoms with Gasteiger partial charge in [0.2, 0.25) is 5.91 Å². The number of amides is 1. The molecule has 0 N–H and O–H groups in total. The fourth-order valence-electron chi connectivity index (χ4n) is 4.14. The lowest BCUT2D eigenvalue weighted by Gasteiger charge is -2.41. The van der Waals surface area contributed by atoms with E-state index in [4.69, 9.17) is 0 Å². The summed E-state index contributed by atoms with van der Waals surface area (Å²) in [6.45, 7) is 1.90. The summed E-state index contributed by atoms with van der Waals surface area (Å²) < 4.78 is 0. The molecule has 0 unspecified atom stereocenters. The lowest BCUT2D eigenvalue weighted by molar-refractivity contribution is -0.131. The number of nitrogens with zero attached hydrogens (tertiary/aromatic N) is 3. The fourth-order valence-corrected chi connectivity index (χ4v) is 5.04. The number of fused-ring (bicyclic) bond motifs is 2. The molecular weight excluding hydrogens is 318 g/mol. The van der Waals surface area contributed by atoms with Crippen molar-refractivity contribution < 1.29 is 4.79 Å².